The fourth-order valence-corrected chi connectivity index (χ4v) is 5.72. The van der Waals surface area contributed by atoms with Gasteiger partial charge in [0.2, 0.25) is 5.82 Å². The molecule has 182 valence electrons. The Morgan fingerprint density at radius 2 is 1.94 bits per heavy atom. The van der Waals surface area contributed by atoms with E-state index >= 15 is 0 Å². The molecule has 0 aliphatic rings. The van der Waals surface area contributed by atoms with E-state index < -0.39 is 0 Å². The first-order chi connectivity index (χ1) is 17.6. The van der Waals surface area contributed by atoms with Crippen LogP contribution in [0.1, 0.15) is 21.1 Å². The summed E-state index contributed by atoms with van der Waals surface area (Å²) in [5, 5.41) is 16.1. The van der Waals surface area contributed by atoms with Gasteiger partial charge >= 0.3 is 0 Å². The minimum Gasteiger partial charge on any atom is -0.461 e. The van der Waals surface area contributed by atoms with E-state index in [0.29, 0.717) is 51.2 Å². The molecule has 0 bridgehead atoms. The molecule has 11 heteroatoms. The Balaban J connectivity index is 1.23. The quantitative estimate of drug-likeness (QED) is 0.207. The predicted octanol–water partition coefficient (Wildman–Crippen LogP) is 6.56. The highest BCUT2D eigenvalue weighted by molar-refractivity contribution is 7.98. The lowest BCUT2D eigenvalue weighted by Gasteiger charge is -2.08. The standard InChI is InChI=1S/C25H19Cl2N5O2S2/c26-17-9-8-16(19(27)13-17)10-11-28-24(33)20-14-35-22(29-20)15-36-25-31-30-23(21-7-4-12-34-21)32(25)18-5-2-1-3-6-18/h1-9,12-14H,10-11,15H2,(H,28,33). The van der Waals surface area contributed by atoms with Gasteiger partial charge in [0.25, 0.3) is 5.91 Å². The number of amides is 1. The second-order valence-corrected chi connectivity index (χ2v) is 10.3. The highest BCUT2D eigenvalue weighted by Gasteiger charge is 2.19. The van der Waals surface area contributed by atoms with Crippen LogP contribution in [0.3, 0.4) is 0 Å². The number of carbonyl (C=O) groups is 1. The minimum atomic E-state index is -0.222. The molecule has 0 fully saturated rings. The molecule has 2 aromatic carbocycles. The number of thioether (sulfide) groups is 1. The summed E-state index contributed by atoms with van der Waals surface area (Å²) in [4.78, 5) is 17.1. The predicted molar refractivity (Wildman–Crippen MR) is 143 cm³/mol. The third-order valence-electron chi connectivity index (χ3n) is 5.19. The molecule has 0 unspecified atom stereocenters. The van der Waals surface area contributed by atoms with Crippen LogP contribution in [-0.2, 0) is 12.2 Å². The molecule has 0 atom stereocenters. The van der Waals surface area contributed by atoms with Crippen molar-refractivity contribution in [2.24, 2.45) is 0 Å². The first-order valence-electron chi connectivity index (χ1n) is 10.9. The highest BCUT2D eigenvalue weighted by atomic mass is 35.5. The van der Waals surface area contributed by atoms with E-state index in [0.717, 1.165) is 16.3 Å². The number of rotatable bonds is 9. The SMILES string of the molecule is O=C(NCCc1ccc(Cl)cc1Cl)c1csc(CSc2nnc(-c3ccco3)n2-c2ccccc2)n1. The Morgan fingerprint density at radius 1 is 1.08 bits per heavy atom. The van der Waals surface area contributed by atoms with Gasteiger partial charge in [-0.2, -0.15) is 0 Å². The van der Waals surface area contributed by atoms with Crippen molar-refractivity contribution in [3.8, 4) is 17.3 Å². The normalized spacial score (nSPS) is 11.1. The maximum absolute atomic E-state index is 12.6. The molecular formula is C25H19Cl2N5O2S2. The number of benzene rings is 2. The molecule has 1 amide bonds. The van der Waals surface area contributed by atoms with E-state index in [1.165, 1.54) is 23.1 Å². The van der Waals surface area contributed by atoms with Gasteiger partial charge in [0.15, 0.2) is 10.9 Å². The summed E-state index contributed by atoms with van der Waals surface area (Å²) in [7, 11) is 0. The maximum Gasteiger partial charge on any atom is 0.270 e. The molecule has 0 radical (unpaired) electrons. The number of thiazole rings is 1. The summed E-state index contributed by atoms with van der Waals surface area (Å²) >= 11 is 15.1. The van der Waals surface area contributed by atoms with Gasteiger partial charge in [-0.25, -0.2) is 4.98 Å². The van der Waals surface area contributed by atoms with Crippen molar-refractivity contribution in [3.63, 3.8) is 0 Å². The van der Waals surface area contributed by atoms with Gasteiger partial charge in [-0.3, -0.25) is 9.36 Å². The Kier molecular flexibility index (Phi) is 7.72. The van der Waals surface area contributed by atoms with Crippen molar-refractivity contribution in [2.75, 3.05) is 6.54 Å². The Hall–Kier alpha value is -3.11. The number of halogens is 2. The molecule has 7 nitrogen and oxygen atoms in total. The molecule has 5 rings (SSSR count). The first kappa shape index (κ1) is 24.6. The van der Waals surface area contributed by atoms with Gasteiger partial charge in [0.1, 0.15) is 10.7 Å². The molecule has 5 aromatic rings. The van der Waals surface area contributed by atoms with Gasteiger partial charge in [0, 0.05) is 27.7 Å². The molecule has 36 heavy (non-hydrogen) atoms. The summed E-state index contributed by atoms with van der Waals surface area (Å²) in [5.41, 5.74) is 2.24. The molecule has 0 aliphatic heterocycles. The van der Waals surface area contributed by atoms with Gasteiger partial charge < -0.3 is 9.73 Å². The van der Waals surface area contributed by atoms with Gasteiger partial charge in [0.05, 0.1) is 12.0 Å². The minimum absolute atomic E-state index is 0.222. The molecule has 0 saturated heterocycles. The number of furan rings is 1. The Labute approximate surface area is 225 Å². The third-order valence-corrected chi connectivity index (χ3v) is 7.75. The lowest BCUT2D eigenvalue weighted by Crippen LogP contribution is -2.26. The van der Waals surface area contributed by atoms with E-state index in [1.54, 1.807) is 23.8 Å². The molecule has 0 aliphatic carbocycles. The van der Waals surface area contributed by atoms with E-state index in [-0.39, 0.29) is 5.91 Å². The third kappa shape index (κ3) is 5.65. The lowest BCUT2D eigenvalue weighted by molar-refractivity contribution is 0.0949. The van der Waals surface area contributed by atoms with Gasteiger partial charge in [-0.05, 0) is 48.4 Å². The molecule has 1 N–H and O–H groups in total. The first-order valence-corrected chi connectivity index (χ1v) is 13.5. The zero-order chi connectivity index (χ0) is 24.9. The average molecular weight is 557 g/mol. The summed E-state index contributed by atoms with van der Waals surface area (Å²) in [5.74, 6) is 1.57. The van der Waals surface area contributed by atoms with Crippen molar-refractivity contribution < 1.29 is 9.21 Å². The van der Waals surface area contributed by atoms with Crippen LogP contribution in [0, 0.1) is 0 Å². The number of hydrogen-bond donors (Lipinski definition) is 1. The number of carbonyl (C=O) groups excluding carboxylic acids is 1. The van der Waals surface area contributed by atoms with Crippen molar-refractivity contribution in [1.82, 2.24) is 25.1 Å². The van der Waals surface area contributed by atoms with Crippen molar-refractivity contribution in [3.05, 3.63) is 98.6 Å². The maximum atomic E-state index is 12.6. The Bertz CT molecular complexity index is 1470. The number of para-hydroxylation sites is 1. The van der Waals surface area contributed by atoms with Crippen LogP contribution in [0.4, 0.5) is 0 Å². The van der Waals surface area contributed by atoms with Crippen LogP contribution < -0.4 is 5.32 Å². The van der Waals surface area contributed by atoms with Crippen molar-refractivity contribution >= 4 is 52.2 Å². The Morgan fingerprint density at radius 3 is 2.72 bits per heavy atom. The van der Waals surface area contributed by atoms with Crippen LogP contribution >= 0.6 is 46.3 Å². The zero-order valence-corrected chi connectivity index (χ0v) is 21.9. The number of nitrogens with zero attached hydrogens (tertiary/aromatic N) is 4. The van der Waals surface area contributed by atoms with Crippen LogP contribution in [0.15, 0.2) is 81.9 Å². The zero-order valence-electron chi connectivity index (χ0n) is 18.7. The second-order valence-electron chi connectivity index (χ2n) is 7.61. The monoisotopic (exact) mass is 555 g/mol. The van der Waals surface area contributed by atoms with Crippen LogP contribution in [0.5, 0.6) is 0 Å². The molecule has 3 heterocycles. The van der Waals surface area contributed by atoms with E-state index in [2.05, 4.69) is 20.5 Å². The van der Waals surface area contributed by atoms with Crippen molar-refractivity contribution in [1.29, 1.82) is 0 Å². The summed E-state index contributed by atoms with van der Waals surface area (Å²) in [6.07, 6.45) is 2.21. The van der Waals surface area contributed by atoms with E-state index in [1.807, 2.05) is 53.1 Å². The molecular weight excluding hydrogens is 537 g/mol. The van der Waals surface area contributed by atoms with Crippen LogP contribution in [0.25, 0.3) is 17.3 Å². The average Bonchev–Trinajstić information content (AvgIpc) is 3.65. The molecule has 0 spiro atoms. The van der Waals surface area contributed by atoms with Gasteiger partial charge in [-0.1, -0.05) is 59.2 Å². The van der Waals surface area contributed by atoms with Crippen LogP contribution in [-0.4, -0.2) is 32.2 Å². The number of aromatic nitrogens is 4. The van der Waals surface area contributed by atoms with E-state index in [9.17, 15) is 4.79 Å². The van der Waals surface area contributed by atoms with Crippen molar-refractivity contribution in [2.45, 2.75) is 17.3 Å². The summed E-state index contributed by atoms with van der Waals surface area (Å²) in [6, 6.07) is 18.9. The lowest BCUT2D eigenvalue weighted by atomic mass is 10.1. The number of hydrogen-bond acceptors (Lipinski definition) is 7. The molecule has 3 aromatic heterocycles. The highest BCUT2D eigenvalue weighted by Crippen LogP contribution is 2.30. The molecule has 0 saturated carbocycles. The number of nitrogens with one attached hydrogen (secondary N) is 1. The van der Waals surface area contributed by atoms with Crippen LogP contribution in [0.2, 0.25) is 10.0 Å². The fraction of sp³-hybridized carbons (Fsp3) is 0.120. The smallest absolute Gasteiger partial charge is 0.270 e. The fourth-order valence-electron chi connectivity index (χ4n) is 3.47. The topological polar surface area (TPSA) is 85.8 Å². The summed E-state index contributed by atoms with van der Waals surface area (Å²) < 4.78 is 7.51. The second kappa shape index (κ2) is 11.3. The largest absolute Gasteiger partial charge is 0.461 e. The van der Waals surface area contributed by atoms with Gasteiger partial charge in [-0.15, -0.1) is 21.5 Å². The van der Waals surface area contributed by atoms with E-state index in [4.69, 9.17) is 27.6 Å². The summed E-state index contributed by atoms with van der Waals surface area (Å²) in [6.45, 7) is 0.442.